The normalized spacial score (nSPS) is 17.2. The first-order valence-electron chi connectivity index (χ1n) is 9.38. The molecule has 2 heterocycles. The van der Waals surface area contributed by atoms with Crippen molar-refractivity contribution in [2.24, 2.45) is 0 Å². The van der Waals surface area contributed by atoms with Crippen LogP contribution >= 0.6 is 0 Å². The largest absolute Gasteiger partial charge is 0.508 e. The van der Waals surface area contributed by atoms with E-state index in [0.29, 0.717) is 18.4 Å². The van der Waals surface area contributed by atoms with Crippen LogP contribution in [0.5, 0.6) is 5.75 Å². The number of rotatable bonds is 7. The molecule has 2 aromatic rings. The molecule has 140 valence electrons. The van der Waals surface area contributed by atoms with E-state index >= 15 is 0 Å². The van der Waals surface area contributed by atoms with Crippen LogP contribution in [0.3, 0.4) is 0 Å². The minimum Gasteiger partial charge on any atom is -0.508 e. The van der Waals surface area contributed by atoms with Gasteiger partial charge in [-0.2, -0.15) is 0 Å². The zero-order valence-corrected chi connectivity index (χ0v) is 15.4. The van der Waals surface area contributed by atoms with E-state index < -0.39 is 0 Å². The van der Waals surface area contributed by atoms with Gasteiger partial charge in [0.2, 0.25) is 0 Å². The molecule has 0 radical (unpaired) electrons. The number of aryl methyl sites for hydroxylation is 1. The van der Waals surface area contributed by atoms with Gasteiger partial charge in [-0.1, -0.05) is 6.42 Å². The Morgan fingerprint density at radius 3 is 2.77 bits per heavy atom. The summed E-state index contributed by atoms with van der Waals surface area (Å²) < 4.78 is 0. The summed E-state index contributed by atoms with van der Waals surface area (Å²) in [6, 6.07) is 10.0. The van der Waals surface area contributed by atoms with Gasteiger partial charge in [0.25, 0.3) is 0 Å². The number of benzene rings is 1. The summed E-state index contributed by atoms with van der Waals surface area (Å²) in [6.45, 7) is 1.70. The fraction of sp³-hybridized carbons (Fsp3) is 0.500. The highest BCUT2D eigenvalue weighted by Gasteiger charge is 2.13. The van der Waals surface area contributed by atoms with E-state index in [9.17, 15) is 5.11 Å². The molecule has 0 saturated carbocycles. The van der Waals surface area contributed by atoms with Crippen LogP contribution in [-0.2, 0) is 6.42 Å². The van der Waals surface area contributed by atoms with Crippen molar-refractivity contribution < 1.29 is 10.2 Å². The fourth-order valence-electron chi connectivity index (χ4n) is 3.42. The minimum atomic E-state index is 0.0751. The molecule has 1 saturated heterocycles. The summed E-state index contributed by atoms with van der Waals surface area (Å²) in [7, 11) is 1.87. The number of hydrogen-bond acceptors (Lipinski definition) is 6. The lowest BCUT2D eigenvalue weighted by molar-refractivity contribution is 0.303. The molecule has 3 rings (SSSR count). The van der Waals surface area contributed by atoms with E-state index in [-0.39, 0.29) is 12.4 Å². The van der Waals surface area contributed by atoms with E-state index in [1.54, 1.807) is 6.07 Å². The number of nitrogens with zero attached hydrogens (tertiary/aromatic N) is 3. The average molecular weight is 356 g/mol. The zero-order valence-electron chi connectivity index (χ0n) is 15.4. The predicted octanol–water partition coefficient (Wildman–Crippen LogP) is 2.35. The van der Waals surface area contributed by atoms with Gasteiger partial charge in [0.1, 0.15) is 5.75 Å². The van der Waals surface area contributed by atoms with Crippen molar-refractivity contribution in [2.45, 2.75) is 38.1 Å². The van der Waals surface area contributed by atoms with Crippen molar-refractivity contribution in [3.8, 4) is 17.0 Å². The third kappa shape index (κ3) is 4.93. The topological polar surface area (TPSA) is 81.5 Å². The standard InChI is InChI=1S/C20H28N4O2/c1-24(10-11-25)20-8-7-19(22-23-20)16-12-15(13-18(26)14-16)5-6-17-4-2-3-9-21-17/h7-8,12-14,17,21,25-26H,2-6,9-11H2,1H3/t17-/m1/s1. The van der Waals surface area contributed by atoms with Crippen LogP contribution in [0.15, 0.2) is 30.3 Å². The Kier molecular flexibility index (Phi) is 6.41. The second-order valence-corrected chi connectivity index (χ2v) is 7.00. The first-order valence-corrected chi connectivity index (χ1v) is 9.38. The second kappa shape index (κ2) is 8.96. The highest BCUT2D eigenvalue weighted by molar-refractivity contribution is 5.63. The number of aromatic hydroxyl groups is 1. The fourth-order valence-corrected chi connectivity index (χ4v) is 3.42. The molecule has 1 fully saturated rings. The number of aromatic nitrogens is 2. The number of aliphatic hydroxyl groups is 1. The van der Waals surface area contributed by atoms with Crippen LogP contribution in [0.25, 0.3) is 11.3 Å². The molecular weight excluding hydrogens is 328 g/mol. The molecule has 0 aliphatic carbocycles. The molecule has 6 heteroatoms. The molecule has 26 heavy (non-hydrogen) atoms. The number of hydrogen-bond donors (Lipinski definition) is 3. The third-order valence-electron chi connectivity index (χ3n) is 4.94. The molecule has 3 N–H and O–H groups in total. The van der Waals surface area contributed by atoms with Gasteiger partial charge in [-0.25, -0.2) is 0 Å². The van der Waals surface area contributed by atoms with Crippen LogP contribution in [0, 0.1) is 0 Å². The van der Waals surface area contributed by atoms with Crippen molar-refractivity contribution >= 4 is 5.82 Å². The monoisotopic (exact) mass is 356 g/mol. The van der Waals surface area contributed by atoms with Gasteiger partial charge in [0.15, 0.2) is 5.82 Å². The number of nitrogens with one attached hydrogen (secondary N) is 1. The molecule has 1 aliphatic heterocycles. The van der Waals surface area contributed by atoms with Gasteiger partial charge >= 0.3 is 0 Å². The molecule has 0 unspecified atom stereocenters. The maximum absolute atomic E-state index is 10.1. The lowest BCUT2D eigenvalue weighted by Crippen LogP contribution is -2.34. The number of phenolic OH excluding ortho intramolecular Hbond substituents is 1. The zero-order chi connectivity index (χ0) is 18.4. The molecule has 1 aromatic carbocycles. The summed E-state index contributed by atoms with van der Waals surface area (Å²) in [5, 5.41) is 31.2. The predicted molar refractivity (Wildman–Crippen MR) is 103 cm³/mol. The van der Waals surface area contributed by atoms with Crippen LogP contribution < -0.4 is 10.2 Å². The molecular formula is C20H28N4O2. The van der Waals surface area contributed by atoms with Crippen LogP contribution in [0.4, 0.5) is 5.82 Å². The summed E-state index contributed by atoms with van der Waals surface area (Å²) in [5.74, 6) is 0.976. The summed E-state index contributed by atoms with van der Waals surface area (Å²) >= 11 is 0. The van der Waals surface area contributed by atoms with E-state index in [1.165, 1.54) is 19.3 Å². The smallest absolute Gasteiger partial charge is 0.151 e. The Labute approximate surface area is 154 Å². The second-order valence-electron chi connectivity index (χ2n) is 7.00. The van der Waals surface area contributed by atoms with Crippen molar-refractivity contribution in [3.63, 3.8) is 0 Å². The van der Waals surface area contributed by atoms with Gasteiger partial charge in [-0.05, 0) is 68.1 Å². The Hall–Kier alpha value is -2.18. The maximum atomic E-state index is 10.1. The molecule has 0 spiro atoms. The number of likely N-dealkylation sites (N-methyl/N-ethyl adjacent to an activating group) is 1. The SMILES string of the molecule is CN(CCO)c1ccc(-c2cc(O)cc(CC[C@H]3CCCCN3)c2)nn1. The molecule has 6 nitrogen and oxygen atoms in total. The van der Waals surface area contributed by atoms with Crippen molar-refractivity contribution in [3.05, 3.63) is 35.9 Å². The summed E-state index contributed by atoms with van der Waals surface area (Å²) in [5.41, 5.74) is 2.73. The van der Waals surface area contributed by atoms with Crippen molar-refractivity contribution in [1.82, 2.24) is 15.5 Å². The summed E-state index contributed by atoms with van der Waals surface area (Å²) in [6.07, 6.45) is 5.83. The lowest BCUT2D eigenvalue weighted by Gasteiger charge is -2.23. The van der Waals surface area contributed by atoms with Crippen LogP contribution in [-0.4, -0.2) is 53.2 Å². The third-order valence-corrected chi connectivity index (χ3v) is 4.94. The number of anilines is 1. The average Bonchev–Trinajstić information content (AvgIpc) is 2.67. The Morgan fingerprint density at radius 2 is 2.08 bits per heavy atom. The first kappa shape index (κ1) is 18.6. The van der Waals surface area contributed by atoms with Gasteiger partial charge < -0.3 is 20.4 Å². The Morgan fingerprint density at radius 1 is 1.19 bits per heavy atom. The van der Waals surface area contributed by atoms with Gasteiger partial charge in [0, 0.05) is 25.2 Å². The van der Waals surface area contributed by atoms with Crippen molar-refractivity contribution in [2.75, 3.05) is 31.6 Å². The first-order chi connectivity index (χ1) is 12.7. The van der Waals surface area contributed by atoms with Crippen LogP contribution in [0.2, 0.25) is 0 Å². The number of aliphatic hydroxyl groups excluding tert-OH is 1. The Balaban J connectivity index is 1.70. The summed E-state index contributed by atoms with van der Waals surface area (Å²) in [4.78, 5) is 1.85. The van der Waals surface area contributed by atoms with E-state index in [1.807, 2.05) is 30.1 Å². The van der Waals surface area contributed by atoms with E-state index in [0.717, 1.165) is 36.2 Å². The van der Waals surface area contributed by atoms with Crippen molar-refractivity contribution in [1.29, 1.82) is 0 Å². The minimum absolute atomic E-state index is 0.0751. The highest BCUT2D eigenvalue weighted by atomic mass is 16.3. The molecule has 1 aromatic heterocycles. The lowest BCUT2D eigenvalue weighted by atomic mass is 9.96. The number of phenols is 1. The van der Waals surface area contributed by atoms with E-state index in [4.69, 9.17) is 5.11 Å². The number of piperidine rings is 1. The highest BCUT2D eigenvalue weighted by Crippen LogP contribution is 2.26. The van der Waals surface area contributed by atoms with Crippen LogP contribution in [0.1, 0.15) is 31.2 Å². The quantitative estimate of drug-likeness (QED) is 0.707. The van der Waals surface area contributed by atoms with Gasteiger partial charge in [0.05, 0.1) is 12.3 Å². The molecule has 1 aliphatic rings. The molecule has 0 bridgehead atoms. The maximum Gasteiger partial charge on any atom is 0.151 e. The Bertz CT molecular complexity index is 699. The van der Waals surface area contributed by atoms with Gasteiger partial charge in [-0.15, -0.1) is 10.2 Å². The molecule has 0 amide bonds. The molecule has 1 atom stereocenters. The van der Waals surface area contributed by atoms with Gasteiger partial charge in [-0.3, -0.25) is 0 Å². The van der Waals surface area contributed by atoms with E-state index in [2.05, 4.69) is 21.6 Å².